The van der Waals surface area contributed by atoms with Gasteiger partial charge in [0.2, 0.25) is 5.91 Å². The number of rotatable bonds is 5. The van der Waals surface area contributed by atoms with Gasteiger partial charge < -0.3 is 10.6 Å². The van der Waals surface area contributed by atoms with E-state index in [1.54, 1.807) is 0 Å². The summed E-state index contributed by atoms with van der Waals surface area (Å²) in [4.78, 5) is 12.7. The minimum absolute atomic E-state index is 0.180. The zero-order valence-electron chi connectivity index (χ0n) is 12.2. The molecule has 0 heterocycles. The quantitative estimate of drug-likeness (QED) is 0.866. The Morgan fingerprint density at radius 2 is 1.90 bits per heavy atom. The van der Waals surface area contributed by atoms with Gasteiger partial charge in [-0.2, -0.15) is 0 Å². The summed E-state index contributed by atoms with van der Waals surface area (Å²) in [5.74, 6) is 0.180. The van der Waals surface area contributed by atoms with Gasteiger partial charge in [-0.05, 0) is 44.5 Å². The van der Waals surface area contributed by atoms with Crippen LogP contribution in [0.15, 0.2) is 28.7 Å². The molecule has 0 aromatic heterocycles. The van der Waals surface area contributed by atoms with Crippen molar-refractivity contribution in [2.24, 2.45) is 0 Å². The van der Waals surface area contributed by atoms with Crippen LogP contribution in [0.2, 0.25) is 0 Å². The second-order valence-corrected chi connectivity index (χ2v) is 6.61. The van der Waals surface area contributed by atoms with Crippen LogP contribution in [0.25, 0.3) is 0 Å². The lowest BCUT2D eigenvalue weighted by Gasteiger charge is -2.29. The van der Waals surface area contributed by atoms with Gasteiger partial charge in [-0.3, -0.25) is 4.79 Å². The van der Waals surface area contributed by atoms with Crippen LogP contribution in [-0.4, -0.2) is 25.5 Å². The first-order chi connectivity index (χ1) is 9.58. The smallest absolute Gasteiger partial charge is 0.230 e. The average molecular weight is 339 g/mol. The average Bonchev–Trinajstić information content (AvgIpc) is 2.95. The molecule has 110 valence electrons. The van der Waals surface area contributed by atoms with Crippen molar-refractivity contribution in [1.82, 2.24) is 10.6 Å². The summed E-state index contributed by atoms with van der Waals surface area (Å²) < 4.78 is 1.05. The van der Waals surface area contributed by atoms with E-state index in [1.807, 2.05) is 19.2 Å². The second-order valence-electron chi connectivity index (χ2n) is 5.70. The van der Waals surface area contributed by atoms with Gasteiger partial charge in [0.15, 0.2) is 0 Å². The number of halogens is 1. The van der Waals surface area contributed by atoms with E-state index in [2.05, 4.69) is 45.6 Å². The zero-order valence-corrected chi connectivity index (χ0v) is 13.8. The lowest BCUT2D eigenvalue weighted by molar-refractivity contribution is -0.126. The van der Waals surface area contributed by atoms with Crippen LogP contribution in [0.3, 0.4) is 0 Å². The van der Waals surface area contributed by atoms with Crippen LogP contribution in [0, 0.1) is 0 Å². The lowest BCUT2D eigenvalue weighted by Crippen LogP contribution is -2.46. The molecule has 2 rings (SSSR count). The minimum Gasteiger partial charge on any atom is -0.354 e. The predicted molar refractivity (Wildman–Crippen MR) is 85.8 cm³/mol. The van der Waals surface area contributed by atoms with Crippen molar-refractivity contribution in [1.29, 1.82) is 0 Å². The molecule has 0 bridgehead atoms. The maximum Gasteiger partial charge on any atom is 0.230 e. The van der Waals surface area contributed by atoms with E-state index in [0.717, 1.165) is 35.7 Å². The monoisotopic (exact) mass is 338 g/mol. The maximum absolute atomic E-state index is 12.7. The van der Waals surface area contributed by atoms with Crippen molar-refractivity contribution in [3.8, 4) is 0 Å². The standard InChI is InChI=1S/C16H23BrN2O/c1-12(18-2)11-19-15(20)16(9-3-4-10-16)13-5-7-14(17)8-6-13/h5-8,12,18H,3-4,9-11H2,1-2H3,(H,19,20). The number of carbonyl (C=O) groups excluding carboxylic acids is 1. The number of likely N-dealkylation sites (N-methyl/N-ethyl adjacent to an activating group) is 1. The molecule has 1 aliphatic carbocycles. The number of hydrogen-bond donors (Lipinski definition) is 2. The summed E-state index contributed by atoms with van der Waals surface area (Å²) in [5, 5.41) is 6.27. The van der Waals surface area contributed by atoms with Gasteiger partial charge in [-0.1, -0.05) is 40.9 Å². The Balaban J connectivity index is 2.17. The molecule has 0 spiro atoms. The lowest BCUT2D eigenvalue weighted by atomic mass is 9.78. The van der Waals surface area contributed by atoms with Crippen LogP contribution >= 0.6 is 15.9 Å². The topological polar surface area (TPSA) is 41.1 Å². The molecule has 1 aromatic rings. The largest absolute Gasteiger partial charge is 0.354 e. The third-order valence-corrected chi connectivity index (χ3v) is 4.88. The maximum atomic E-state index is 12.7. The van der Waals surface area contributed by atoms with E-state index in [9.17, 15) is 4.79 Å². The molecule has 1 saturated carbocycles. The SMILES string of the molecule is CNC(C)CNC(=O)C1(c2ccc(Br)cc2)CCCC1. The van der Waals surface area contributed by atoms with E-state index in [1.165, 1.54) is 0 Å². The first kappa shape index (κ1) is 15.5. The first-order valence-corrected chi connectivity index (χ1v) is 8.09. The van der Waals surface area contributed by atoms with Crippen molar-refractivity contribution < 1.29 is 4.79 Å². The second kappa shape index (κ2) is 6.72. The third kappa shape index (κ3) is 3.23. The van der Waals surface area contributed by atoms with E-state index >= 15 is 0 Å². The first-order valence-electron chi connectivity index (χ1n) is 7.30. The van der Waals surface area contributed by atoms with Crippen LogP contribution in [0.5, 0.6) is 0 Å². The van der Waals surface area contributed by atoms with Gasteiger partial charge in [-0.25, -0.2) is 0 Å². The highest BCUT2D eigenvalue weighted by Gasteiger charge is 2.42. The summed E-state index contributed by atoms with van der Waals surface area (Å²) in [6, 6.07) is 8.51. The number of nitrogens with one attached hydrogen (secondary N) is 2. The fourth-order valence-corrected chi connectivity index (χ4v) is 3.18. The molecule has 1 unspecified atom stereocenters. The molecule has 2 N–H and O–H groups in total. The Morgan fingerprint density at radius 1 is 1.30 bits per heavy atom. The molecule has 3 nitrogen and oxygen atoms in total. The molecule has 1 aromatic carbocycles. The van der Waals surface area contributed by atoms with Crippen LogP contribution in [0.1, 0.15) is 38.2 Å². The van der Waals surface area contributed by atoms with Crippen LogP contribution < -0.4 is 10.6 Å². The number of carbonyl (C=O) groups is 1. The highest BCUT2D eigenvalue weighted by atomic mass is 79.9. The molecule has 0 saturated heterocycles. The van der Waals surface area contributed by atoms with E-state index < -0.39 is 0 Å². The highest BCUT2D eigenvalue weighted by molar-refractivity contribution is 9.10. The number of benzene rings is 1. The van der Waals surface area contributed by atoms with Crippen molar-refractivity contribution in [3.63, 3.8) is 0 Å². The molecule has 1 aliphatic rings. The Labute approximate surface area is 129 Å². The van der Waals surface area contributed by atoms with E-state index in [-0.39, 0.29) is 11.3 Å². The van der Waals surface area contributed by atoms with Gasteiger partial charge in [0.05, 0.1) is 5.41 Å². The molecular formula is C16H23BrN2O. The molecule has 4 heteroatoms. The highest BCUT2D eigenvalue weighted by Crippen LogP contribution is 2.41. The van der Waals surface area contributed by atoms with Crippen LogP contribution in [0.4, 0.5) is 0 Å². The summed E-state index contributed by atoms with van der Waals surface area (Å²) in [7, 11) is 1.91. The Kier molecular flexibility index (Phi) is 5.22. The van der Waals surface area contributed by atoms with Crippen molar-refractivity contribution >= 4 is 21.8 Å². The summed E-state index contributed by atoms with van der Waals surface area (Å²) in [5.41, 5.74) is 0.821. The fraction of sp³-hybridized carbons (Fsp3) is 0.562. The van der Waals surface area contributed by atoms with Gasteiger partial charge >= 0.3 is 0 Å². The zero-order chi connectivity index (χ0) is 14.6. The Bertz CT molecular complexity index is 452. The molecule has 1 atom stereocenters. The van der Waals surface area contributed by atoms with E-state index in [0.29, 0.717) is 12.6 Å². The minimum atomic E-state index is -0.325. The number of hydrogen-bond acceptors (Lipinski definition) is 2. The van der Waals surface area contributed by atoms with Crippen molar-refractivity contribution in [3.05, 3.63) is 34.3 Å². The molecule has 20 heavy (non-hydrogen) atoms. The molecule has 1 fully saturated rings. The van der Waals surface area contributed by atoms with Gasteiger partial charge in [-0.15, -0.1) is 0 Å². The van der Waals surface area contributed by atoms with Crippen molar-refractivity contribution in [2.45, 2.75) is 44.1 Å². The van der Waals surface area contributed by atoms with Crippen LogP contribution in [-0.2, 0) is 10.2 Å². The van der Waals surface area contributed by atoms with Gasteiger partial charge in [0.25, 0.3) is 0 Å². The van der Waals surface area contributed by atoms with Gasteiger partial charge in [0.1, 0.15) is 0 Å². The predicted octanol–water partition coefficient (Wildman–Crippen LogP) is 2.99. The summed E-state index contributed by atoms with van der Waals surface area (Å²) in [6.45, 7) is 2.74. The Morgan fingerprint density at radius 3 is 2.45 bits per heavy atom. The molecule has 0 radical (unpaired) electrons. The molecular weight excluding hydrogens is 316 g/mol. The molecule has 1 amide bonds. The van der Waals surface area contributed by atoms with E-state index in [4.69, 9.17) is 0 Å². The number of amides is 1. The third-order valence-electron chi connectivity index (χ3n) is 4.35. The van der Waals surface area contributed by atoms with Gasteiger partial charge in [0, 0.05) is 17.1 Å². The normalized spacial score (nSPS) is 18.8. The molecule has 0 aliphatic heterocycles. The summed E-state index contributed by atoms with van der Waals surface area (Å²) >= 11 is 3.46. The van der Waals surface area contributed by atoms with Crippen molar-refractivity contribution in [2.75, 3.05) is 13.6 Å². The Hall–Kier alpha value is -0.870. The fourth-order valence-electron chi connectivity index (χ4n) is 2.91. The summed E-state index contributed by atoms with van der Waals surface area (Å²) in [6.07, 6.45) is 4.17.